The van der Waals surface area contributed by atoms with Gasteiger partial charge in [0.15, 0.2) is 0 Å². The van der Waals surface area contributed by atoms with Crippen molar-refractivity contribution in [3.63, 3.8) is 0 Å². The van der Waals surface area contributed by atoms with Gasteiger partial charge in [0.25, 0.3) is 0 Å². The zero-order valence-electron chi connectivity index (χ0n) is 15.7. The number of hydrogen-bond acceptors (Lipinski definition) is 4. The summed E-state index contributed by atoms with van der Waals surface area (Å²) in [4.78, 5) is 21.3. The van der Waals surface area contributed by atoms with Gasteiger partial charge in [0.2, 0.25) is 5.91 Å². The van der Waals surface area contributed by atoms with Crippen LogP contribution >= 0.6 is 0 Å². The molecule has 0 N–H and O–H groups in total. The minimum atomic E-state index is 0.181. The van der Waals surface area contributed by atoms with Gasteiger partial charge in [0.1, 0.15) is 5.58 Å². The number of carbonyl (C=O) groups excluding carboxylic acids is 1. The number of amides is 1. The van der Waals surface area contributed by atoms with E-state index < -0.39 is 0 Å². The fourth-order valence-corrected chi connectivity index (χ4v) is 3.67. The van der Waals surface area contributed by atoms with Gasteiger partial charge in [-0.25, -0.2) is 0 Å². The maximum atomic E-state index is 12.8. The second-order valence-electron chi connectivity index (χ2n) is 7.14. The van der Waals surface area contributed by atoms with Gasteiger partial charge in [0.05, 0.1) is 12.7 Å². The van der Waals surface area contributed by atoms with E-state index >= 15 is 0 Å². The lowest BCUT2D eigenvalue weighted by atomic mass is 10.1. The van der Waals surface area contributed by atoms with Gasteiger partial charge < -0.3 is 9.32 Å². The summed E-state index contributed by atoms with van der Waals surface area (Å²) in [5.41, 5.74) is 4.33. The number of piperazine rings is 1. The SMILES string of the molecule is CCc1ccc2occ(CC(=O)N3CCN(Cc4cccnc4)CC3)c2c1. The third kappa shape index (κ3) is 4.03. The van der Waals surface area contributed by atoms with Gasteiger partial charge in [0, 0.05) is 56.1 Å². The van der Waals surface area contributed by atoms with Crippen molar-refractivity contribution in [2.45, 2.75) is 26.3 Å². The van der Waals surface area contributed by atoms with Crippen LogP contribution in [-0.4, -0.2) is 46.9 Å². The van der Waals surface area contributed by atoms with Crippen molar-refractivity contribution in [3.8, 4) is 0 Å². The molecule has 0 bridgehead atoms. The molecule has 4 rings (SSSR count). The van der Waals surface area contributed by atoms with E-state index in [4.69, 9.17) is 4.42 Å². The van der Waals surface area contributed by atoms with Crippen LogP contribution in [0.1, 0.15) is 23.6 Å². The number of hydrogen-bond donors (Lipinski definition) is 0. The number of pyridine rings is 1. The van der Waals surface area contributed by atoms with Crippen molar-refractivity contribution in [3.05, 3.63) is 65.7 Å². The quantitative estimate of drug-likeness (QED) is 0.698. The summed E-state index contributed by atoms with van der Waals surface area (Å²) in [6, 6.07) is 10.3. The molecule has 2 aromatic heterocycles. The molecule has 3 heterocycles. The molecule has 0 unspecified atom stereocenters. The molecular weight excluding hydrogens is 338 g/mol. The number of fused-ring (bicyclic) bond motifs is 1. The Balaban J connectivity index is 1.36. The van der Waals surface area contributed by atoms with Gasteiger partial charge in [-0.05, 0) is 35.7 Å². The average molecular weight is 363 g/mol. The third-order valence-corrected chi connectivity index (χ3v) is 5.32. The van der Waals surface area contributed by atoms with E-state index in [-0.39, 0.29) is 5.91 Å². The molecule has 1 amide bonds. The molecule has 0 aliphatic carbocycles. The first-order chi connectivity index (χ1) is 13.2. The maximum absolute atomic E-state index is 12.8. The van der Waals surface area contributed by atoms with E-state index in [0.29, 0.717) is 6.42 Å². The number of furan rings is 1. The molecule has 1 aliphatic heterocycles. The summed E-state index contributed by atoms with van der Waals surface area (Å²) >= 11 is 0. The predicted molar refractivity (Wildman–Crippen MR) is 105 cm³/mol. The molecule has 140 valence electrons. The molecule has 0 saturated carbocycles. The Morgan fingerprint density at radius 2 is 2.00 bits per heavy atom. The summed E-state index contributed by atoms with van der Waals surface area (Å²) in [6.07, 6.45) is 6.83. The molecule has 1 fully saturated rings. The largest absolute Gasteiger partial charge is 0.464 e. The molecule has 27 heavy (non-hydrogen) atoms. The van der Waals surface area contributed by atoms with Crippen LogP contribution in [0.2, 0.25) is 0 Å². The number of carbonyl (C=O) groups is 1. The molecule has 0 radical (unpaired) electrons. The number of rotatable bonds is 5. The Kier molecular flexibility index (Phi) is 5.21. The van der Waals surface area contributed by atoms with Gasteiger partial charge >= 0.3 is 0 Å². The van der Waals surface area contributed by atoms with Crippen LogP contribution in [0.25, 0.3) is 11.0 Å². The predicted octanol–water partition coefficient (Wildman–Crippen LogP) is 3.28. The van der Waals surface area contributed by atoms with E-state index in [1.807, 2.05) is 23.2 Å². The van der Waals surface area contributed by atoms with Crippen molar-refractivity contribution in [2.75, 3.05) is 26.2 Å². The van der Waals surface area contributed by atoms with Crippen LogP contribution in [0.3, 0.4) is 0 Å². The summed E-state index contributed by atoms with van der Waals surface area (Å²) in [5, 5.41) is 1.07. The lowest BCUT2D eigenvalue weighted by Crippen LogP contribution is -2.48. The lowest BCUT2D eigenvalue weighted by molar-refractivity contribution is -0.132. The van der Waals surface area contributed by atoms with Crippen molar-refractivity contribution in [1.29, 1.82) is 0 Å². The van der Waals surface area contributed by atoms with E-state index in [2.05, 4.69) is 35.0 Å². The number of benzene rings is 1. The minimum absolute atomic E-state index is 0.181. The van der Waals surface area contributed by atoms with Gasteiger partial charge in [-0.1, -0.05) is 19.1 Å². The van der Waals surface area contributed by atoms with Crippen molar-refractivity contribution in [1.82, 2.24) is 14.8 Å². The summed E-state index contributed by atoms with van der Waals surface area (Å²) in [5.74, 6) is 0.181. The van der Waals surface area contributed by atoms with Crippen LogP contribution in [-0.2, 0) is 24.2 Å². The van der Waals surface area contributed by atoms with Crippen LogP contribution in [0.15, 0.2) is 53.4 Å². The normalized spacial score (nSPS) is 15.4. The Morgan fingerprint density at radius 3 is 2.74 bits per heavy atom. The highest BCUT2D eigenvalue weighted by Gasteiger charge is 2.22. The molecule has 1 aliphatic rings. The number of aromatic nitrogens is 1. The van der Waals surface area contributed by atoms with E-state index in [9.17, 15) is 4.79 Å². The molecule has 5 heteroatoms. The first-order valence-corrected chi connectivity index (χ1v) is 9.61. The first kappa shape index (κ1) is 17.7. The number of nitrogens with zero attached hydrogens (tertiary/aromatic N) is 3. The number of aryl methyl sites for hydroxylation is 1. The Labute approximate surface area is 159 Å². The van der Waals surface area contributed by atoms with Gasteiger partial charge in [-0.3, -0.25) is 14.7 Å². The third-order valence-electron chi connectivity index (χ3n) is 5.32. The highest BCUT2D eigenvalue weighted by Crippen LogP contribution is 2.24. The minimum Gasteiger partial charge on any atom is -0.464 e. The first-order valence-electron chi connectivity index (χ1n) is 9.61. The second kappa shape index (κ2) is 7.92. The van der Waals surface area contributed by atoms with Crippen LogP contribution in [0, 0.1) is 0 Å². The van der Waals surface area contributed by atoms with E-state index in [1.54, 1.807) is 12.5 Å². The van der Waals surface area contributed by atoms with Crippen LogP contribution in [0.4, 0.5) is 0 Å². The smallest absolute Gasteiger partial charge is 0.227 e. The molecule has 5 nitrogen and oxygen atoms in total. The topological polar surface area (TPSA) is 49.6 Å². The highest BCUT2D eigenvalue weighted by atomic mass is 16.3. The molecule has 1 saturated heterocycles. The second-order valence-corrected chi connectivity index (χ2v) is 7.14. The maximum Gasteiger partial charge on any atom is 0.227 e. The van der Waals surface area contributed by atoms with E-state index in [1.165, 1.54) is 11.1 Å². The summed E-state index contributed by atoms with van der Waals surface area (Å²) in [7, 11) is 0. The molecular formula is C22H25N3O2. The highest BCUT2D eigenvalue weighted by molar-refractivity contribution is 5.88. The zero-order valence-corrected chi connectivity index (χ0v) is 15.7. The fraction of sp³-hybridized carbons (Fsp3) is 0.364. The average Bonchev–Trinajstić information content (AvgIpc) is 3.11. The molecule has 1 aromatic carbocycles. The van der Waals surface area contributed by atoms with Crippen LogP contribution in [0.5, 0.6) is 0 Å². The summed E-state index contributed by atoms with van der Waals surface area (Å²) in [6.45, 7) is 6.36. The Morgan fingerprint density at radius 1 is 1.15 bits per heavy atom. The lowest BCUT2D eigenvalue weighted by Gasteiger charge is -2.34. The van der Waals surface area contributed by atoms with Crippen molar-refractivity contribution in [2.24, 2.45) is 0 Å². The zero-order chi connectivity index (χ0) is 18.6. The molecule has 0 spiro atoms. The standard InChI is InChI=1S/C22H25N3O2/c1-2-17-5-6-21-20(12-17)19(16-27-21)13-22(26)25-10-8-24(9-11-25)15-18-4-3-7-23-14-18/h3-7,12,14,16H,2,8-11,13,15H2,1H3. The Bertz CT molecular complexity index is 912. The van der Waals surface area contributed by atoms with Crippen molar-refractivity contribution >= 4 is 16.9 Å². The van der Waals surface area contributed by atoms with Crippen molar-refractivity contribution < 1.29 is 9.21 Å². The van der Waals surface area contributed by atoms with Gasteiger partial charge in [-0.2, -0.15) is 0 Å². The molecule has 0 atom stereocenters. The summed E-state index contributed by atoms with van der Waals surface area (Å²) < 4.78 is 5.64. The molecule has 3 aromatic rings. The Hall–Kier alpha value is -2.66. The fourth-order valence-electron chi connectivity index (χ4n) is 3.67. The van der Waals surface area contributed by atoms with Crippen LogP contribution < -0.4 is 0 Å². The van der Waals surface area contributed by atoms with Gasteiger partial charge in [-0.15, -0.1) is 0 Å². The van der Waals surface area contributed by atoms with E-state index in [0.717, 1.165) is 55.7 Å². The monoisotopic (exact) mass is 363 g/mol.